The average Bonchev–Trinajstić information content (AvgIpc) is 2.69. The minimum atomic E-state index is -0.607. The zero-order chi connectivity index (χ0) is 21.2. The van der Waals surface area contributed by atoms with Crippen molar-refractivity contribution in [2.75, 3.05) is 32.1 Å². The molecule has 0 aliphatic carbocycles. The van der Waals surface area contributed by atoms with Crippen molar-refractivity contribution in [3.05, 3.63) is 35.4 Å². The maximum atomic E-state index is 11.8. The van der Waals surface area contributed by atoms with E-state index in [0.29, 0.717) is 18.8 Å². The smallest absolute Gasteiger partial charge is 0.356 e. The molecule has 0 aliphatic heterocycles. The fraction of sp³-hybridized carbons (Fsp3) is 0.471. The van der Waals surface area contributed by atoms with Crippen LogP contribution < -0.4 is 22.2 Å². The van der Waals surface area contributed by atoms with E-state index in [1.165, 1.54) is 36.7 Å². The first-order chi connectivity index (χ1) is 13.0. The van der Waals surface area contributed by atoms with E-state index >= 15 is 0 Å². The van der Waals surface area contributed by atoms with Crippen LogP contribution in [0.3, 0.4) is 0 Å². The number of amides is 1. The monoisotopic (exact) mass is 402 g/mol. The molecule has 1 aromatic heterocycles. The fourth-order valence-electron chi connectivity index (χ4n) is 1.54. The Bertz CT molecular complexity index is 584. The minimum absolute atomic E-state index is 0.00228. The van der Waals surface area contributed by atoms with Gasteiger partial charge in [-0.15, -0.1) is 0 Å². The molecule has 1 amide bonds. The second-order valence-electron chi connectivity index (χ2n) is 4.33. The van der Waals surface area contributed by atoms with E-state index < -0.39 is 5.97 Å². The molecule has 0 fully saturated rings. The van der Waals surface area contributed by atoms with E-state index in [1.807, 2.05) is 27.7 Å². The minimum Gasteiger partial charge on any atom is -0.464 e. The number of nitrogens with two attached hydrogens (primary N) is 2. The van der Waals surface area contributed by atoms with Crippen LogP contribution in [-0.4, -0.2) is 48.6 Å². The SMILES string of the molecule is CC.CC.COC(=O)c1ccc(NC(=O)CNCCN(N)/C=C\N)c(Cl)n1. The van der Waals surface area contributed by atoms with Gasteiger partial charge in [0.2, 0.25) is 5.91 Å². The summed E-state index contributed by atoms with van der Waals surface area (Å²) in [6.45, 7) is 9.04. The molecular weight excluding hydrogens is 372 g/mol. The second-order valence-corrected chi connectivity index (χ2v) is 4.69. The molecule has 0 unspecified atom stereocenters. The highest BCUT2D eigenvalue weighted by molar-refractivity contribution is 6.32. The Hall–Kier alpha value is -2.36. The summed E-state index contributed by atoms with van der Waals surface area (Å²) < 4.78 is 4.53. The Labute approximate surface area is 166 Å². The summed E-state index contributed by atoms with van der Waals surface area (Å²) in [6, 6.07) is 2.89. The van der Waals surface area contributed by atoms with Crippen LogP contribution in [0.25, 0.3) is 0 Å². The van der Waals surface area contributed by atoms with Gasteiger partial charge in [0.1, 0.15) is 5.69 Å². The molecule has 0 saturated heterocycles. The van der Waals surface area contributed by atoms with Crippen LogP contribution in [-0.2, 0) is 9.53 Å². The molecule has 0 atom stereocenters. The molecular formula is C17H31ClN6O3. The van der Waals surface area contributed by atoms with Crippen molar-refractivity contribution in [2.24, 2.45) is 11.6 Å². The number of hydrazine groups is 1. The first-order valence-corrected chi connectivity index (χ1v) is 9.01. The number of carbonyl (C=O) groups excluding carboxylic acids is 2. The van der Waals surface area contributed by atoms with Crippen LogP contribution in [0, 0.1) is 0 Å². The Morgan fingerprint density at radius 3 is 2.44 bits per heavy atom. The van der Waals surface area contributed by atoms with E-state index in [0.717, 1.165) is 0 Å². The number of hydrogen-bond acceptors (Lipinski definition) is 8. The van der Waals surface area contributed by atoms with Crippen molar-refractivity contribution in [3.8, 4) is 0 Å². The highest BCUT2D eigenvalue weighted by Gasteiger charge is 2.12. The Balaban J connectivity index is 0. The summed E-state index contributed by atoms with van der Waals surface area (Å²) in [5.41, 5.74) is 5.55. The Morgan fingerprint density at radius 1 is 1.30 bits per heavy atom. The number of nitrogens with zero attached hydrogens (tertiary/aromatic N) is 2. The zero-order valence-corrected chi connectivity index (χ0v) is 17.3. The highest BCUT2D eigenvalue weighted by Crippen LogP contribution is 2.19. The van der Waals surface area contributed by atoms with E-state index in [9.17, 15) is 9.59 Å². The van der Waals surface area contributed by atoms with Gasteiger partial charge in [-0.1, -0.05) is 39.3 Å². The zero-order valence-electron chi connectivity index (χ0n) is 16.6. The summed E-state index contributed by atoms with van der Waals surface area (Å²) in [6.07, 6.45) is 2.83. The number of esters is 1. The van der Waals surface area contributed by atoms with Gasteiger partial charge in [-0.25, -0.2) is 15.6 Å². The number of anilines is 1. The second kappa shape index (κ2) is 17.1. The number of carbonyl (C=O) groups is 2. The van der Waals surface area contributed by atoms with E-state index in [-0.39, 0.29) is 23.3 Å². The standard InChI is InChI=1S/C13H19ClN6O3.2C2H6/c1-23-13(22)10-3-2-9(12(14)19-10)18-11(21)8-17-5-7-20(16)6-4-15;2*1-2/h2-4,6,17H,5,7-8,15-16H2,1H3,(H,18,21);2*1-2H3/b6-4-;;. The summed E-state index contributed by atoms with van der Waals surface area (Å²) >= 11 is 5.92. The van der Waals surface area contributed by atoms with Gasteiger partial charge in [-0.05, 0) is 12.1 Å². The summed E-state index contributed by atoms with van der Waals surface area (Å²) in [5.74, 6) is 4.64. The van der Waals surface area contributed by atoms with Crippen molar-refractivity contribution in [2.45, 2.75) is 27.7 Å². The number of ether oxygens (including phenoxy) is 1. The van der Waals surface area contributed by atoms with E-state index in [4.69, 9.17) is 23.2 Å². The van der Waals surface area contributed by atoms with Crippen molar-refractivity contribution >= 4 is 29.2 Å². The summed E-state index contributed by atoms with van der Waals surface area (Å²) in [7, 11) is 1.24. The van der Waals surface area contributed by atoms with Crippen LogP contribution in [0.4, 0.5) is 5.69 Å². The lowest BCUT2D eigenvalue weighted by Gasteiger charge is -2.13. The van der Waals surface area contributed by atoms with Crippen LogP contribution in [0.15, 0.2) is 24.5 Å². The van der Waals surface area contributed by atoms with E-state index in [2.05, 4.69) is 20.4 Å². The molecule has 9 nitrogen and oxygen atoms in total. The van der Waals surface area contributed by atoms with Crippen LogP contribution in [0.5, 0.6) is 0 Å². The molecule has 27 heavy (non-hydrogen) atoms. The quantitative estimate of drug-likeness (QED) is 0.169. The number of methoxy groups -OCH3 is 1. The van der Waals surface area contributed by atoms with Gasteiger partial charge in [0.25, 0.3) is 0 Å². The van der Waals surface area contributed by atoms with Gasteiger partial charge in [0.15, 0.2) is 5.15 Å². The van der Waals surface area contributed by atoms with Gasteiger partial charge in [-0.3, -0.25) is 4.79 Å². The van der Waals surface area contributed by atoms with Gasteiger partial charge in [-0.2, -0.15) is 0 Å². The first-order valence-electron chi connectivity index (χ1n) is 8.63. The van der Waals surface area contributed by atoms with Gasteiger partial charge < -0.3 is 26.1 Å². The molecule has 1 heterocycles. The predicted octanol–water partition coefficient (Wildman–Crippen LogP) is 1.71. The maximum absolute atomic E-state index is 11.8. The Morgan fingerprint density at radius 2 is 1.93 bits per heavy atom. The summed E-state index contributed by atoms with van der Waals surface area (Å²) in [4.78, 5) is 26.9. The molecule has 0 saturated carbocycles. The van der Waals surface area contributed by atoms with Crippen LogP contribution in [0.2, 0.25) is 5.15 Å². The van der Waals surface area contributed by atoms with Crippen LogP contribution >= 0.6 is 11.6 Å². The lowest BCUT2D eigenvalue weighted by molar-refractivity contribution is -0.115. The van der Waals surface area contributed by atoms with Gasteiger partial charge in [0.05, 0.1) is 19.3 Å². The molecule has 0 aromatic carbocycles. The number of hydrogen-bond donors (Lipinski definition) is 4. The number of halogens is 1. The fourth-order valence-corrected chi connectivity index (χ4v) is 1.74. The first kappa shape index (κ1) is 26.9. The predicted molar refractivity (Wildman–Crippen MR) is 109 cm³/mol. The van der Waals surface area contributed by atoms with Crippen molar-refractivity contribution in [3.63, 3.8) is 0 Å². The number of aromatic nitrogens is 1. The number of rotatable bonds is 8. The molecule has 0 radical (unpaired) electrons. The largest absolute Gasteiger partial charge is 0.464 e. The molecule has 0 aliphatic rings. The average molecular weight is 403 g/mol. The topological polar surface area (TPSA) is 136 Å². The van der Waals surface area contributed by atoms with Crippen molar-refractivity contribution in [1.29, 1.82) is 0 Å². The molecule has 0 spiro atoms. The lowest BCUT2D eigenvalue weighted by Crippen LogP contribution is -2.36. The molecule has 154 valence electrons. The molecule has 10 heteroatoms. The maximum Gasteiger partial charge on any atom is 0.356 e. The summed E-state index contributed by atoms with van der Waals surface area (Å²) in [5, 5.41) is 6.88. The Kier molecular flexibility index (Phi) is 17.0. The normalized spacial score (nSPS) is 9.44. The lowest BCUT2D eigenvalue weighted by atomic mass is 10.3. The third-order valence-corrected chi connectivity index (χ3v) is 2.92. The van der Waals surface area contributed by atoms with E-state index in [1.54, 1.807) is 0 Å². The third kappa shape index (κ3) is 11.8. The molecule has 0 bridgehead atoms. The number of pyridine rings is 1. The van der Waals surface area contributed by atoms with Crippen molar-refractivity contribution in [1.82, 2.24) is 15.3 Å². The molecule has 1 aromatic rings. The molecule has 1 rings (SSSR count). The molecule has 6 N–H and O–H groups in total. The van der Waals surface area contributed by atoms with Crippen LogP contribution in [0.1, 0.15) is 38.2 Å². The van der Waals surface area contributed by atoms with Crippen molar-refractivity contribution < 1.29 is 14.3 Å². The highest BCUT2D eigenvalue weighted by atomic mass is 35.5. The number of nitrogens with one attached hydrogen (secondary N) is 2. The third-order valence-electron chi connectivity index (χ3n) is 2.63. The van der Waals surface area contributed by atoms with Gasteiger partial charge >= 0.3 is 5.97 Å². The van der Waals surface area contributed by atoms with Gasteiger partial charge in [0, 0.05) is 25.5 Å².